The minimum absolute atomic E-state index is 0.00510. The average molecular weight is 451 g/mol. The molecule has 0 amide bonds. The molecular weight excluding hydrogens is 400 g/mol. The summed E-state index contributed by atoms with van der Waals surface area (Å²) in [4.78, 5) is 0. The predicted octanol–water partition coefficient (Wildman–Crippen LogP) is 8.48. The van der Waals surface area contributed by atoms with E-state index < -0.39 is 0 Å². The van der Waals surface area contributed by atoms with Crippen molar-refractivity contribution in [2.24, 2.45) is 0 Å². The van der Waals surface area contributed by atoms with Gasteiger partial charge in [0.05, 0.1) is 13.2 Å². The van der Waals surface area contributed by atoms with Crippen LogP contribution in [0.1, 0.15) is 129 Å². The first-order valence-electron chi connectivity index (χ1n) is 13.5. The summed E-state index contributed by atoms with van der Waals surface area (Å²) >= 11 is 0. The number of benzene rings is 1. The molecule has 0 aliphatic heterocycles. The van der Waals surface area contributed by atoms with E-state index >= 15 is 0 Å². The highest BCUT2D eigenvalue weighted by atomic mass is 16.5. The summed E-state index contributed by atoms with van der Waals surface area (Å²) in [5.41, 5.74) is 1.91. The van der Waals surface area contributed by atoms with Crippen LogP contribution < -0.4 is 9.47 Å². The first-order chi connectivity index (χ1) is 15.6. The molecule has 0 spiro atoms. The van der Waals surface area contributed by atoms with Crippen LogP contribution in [0.2, 0.25) is 0 Å². The van der Waals surface area contributed by atoms with Crippen LogP contribution in [0.3, 0.4) is 0 Å². The van der Waals surface area contributed by atoms with Crippen molar-refractivity contribution in [1.82, 2.24) is 0 Å². The van der Waals surface area contributed by atoms with Crippen LogP contribution in [-0.2, 0) is 12.8 Å². The maximum absolute atomic E-state index is 10.9. The summed E-state index contributed by atoms with van der Waals surface area (Å²) in [5.74, 6) is 0.822. The molecule has 1 aromatic carbocycles. The summed E-state index contributed by atoms with van der Waals surface area (Å²) in [6, 6.07) is 0. The van der Waals surface area contributed by atoms with Crippen molar-refractivity contribution in [2.45, 2.75) is 130 Å². The van der Waals surface area contributed by atoms with Crippen LogP contribution in [0.5, 0.6) is 23.0 Å². The second kappa shape index (κ2) is 17.9. The standard InChI is InChI=1S/C28H50O4/c1-5-9-11-13-15-17-19-23-24(20-18-16-14-12-10-6-2)27(31-21-7-3)28(32-22-8-4)26(30)25(23)29/h29-30H,5-22H2,1-4H3. The zero-order chi connectivity index (χ0) is 23.6. The molecule has 2 N–H and O–H groups in total. The van der Waals surface area contributed by atoms with Gasteiger partial charge < -0.3 is 19.7 Å². The number of phenolic OH excluding ortho intramolecular Hbond substituents is 2. The van der Waals surface area contributed by atoms with Gasteiger partial charge in [0.2, 0.25) is 11.5 Å². The molecule has 0 aliphatic rings. The Morgan fingerprint density at radius 3 is 1.41 bits per heavy atom. The van der Waals surface area contributed by atoms with Crippen molar-refractivity contribution in [3.63, 3.8) is 0 Å². The molecule has 32 heavy (non-hydrogen) atoms. The summed E-state index contributed by atoms with van der Waals surface area (Å²) in [5, 5.41) is 21.7. The maximum atomic E-state index is 10.9. The summed E-state index contributed by atoms with van der Waals surface area (Å²) in [6.07, 6.45) is 17.9. The Morgan fingerprint density at radius 1 is 0.469 bits per heavy atom. The molecule has 0 bridgehead atoms. The SMILES string of the molecule is CCCCCCCCc1c(O)c(O)c(OCCC)c(OCCC)c1CCCCCCCC. The van der Waals surface area contributed by atoms with Crippen molar-refractivity contribution in [3.8, 4) is 23.0 Å². The van der Waals surface area contributed by atoms with Gasteiger partial charge in [-0.3, -0.25) is 0 Å². The summed E-state index contributed by atoms with van der Waals surface area (Å²) in [7, 11) is 0. The van der Waals surface area contributed by atoms with E-state index in [9.17, 15) is 10.2 Å². The fourth-order valence-electron chi connectivity index (χ4n) is 4.17. The molecule has 4 nitrogen and oxygen atoms in total. The van der Waals surface area contributed by atoms with Crippen molar-refractivity contribution in [1.29, 1.82) is 0 Å². The number of hydrogen-bond donors (Lipinski definition) is 2. The Labute approximate surface area is 197 Å². The molecule has 0 saturated carbocycles. The highest BCUT2D eigenvalue weighted by Crippen LogP contribution is 2.50. The van der Waals surface area contributed by atoms with E-state index in [2.05, 4.69) is 20.8 Å². The van der Waals surface area contributed by atoms with Crippen LogP contribution in [0.25, 0.3) is 0 Å². The van der Waals surface area contributed by atoms with Gasteiger partial charge in [0, 0.05) is 11.1 Å². The van der Waals surface area contributed by atoms with Gasteiger partial charge in [0.15, 0.2) is 11.5 Å². The monoisotopic (exact) mass is 450 g/mol. The first-order valence-corrected chi connectivity index (χ1v) is 13.5. The van der Waals surface area contributed by atoms with E-state index in [1.54, 1.807) is 0 Å². The average Bonchev–Trinajstić information content (AvgIpc) is 2.80. The first kappa shape index (κ1) is 28.5. The van der Waals surface area contributed by atoms with Crippen LogP contribution in [-0.4, -0.2) is 23.4 Å². The molecule has 0 unspecified atom stereocenters. The molecule has 0 aliphatic carbocycles. The molecule has 186 valence electrons. The Hall–Kier alpha value is -1.58. The van der Waals surface area contributed by atoms with Crippen LogP contribution >= 0.6 is 0 Å². The number of aromatic hydroxyl groups is 2. The van der Waals surface area contributed by atoms with Gasteiger partial charge in [-0.1, -0.05) is 91.9 Å². The highest BCUT2D eigenvalue weighted by Gasteiger charge is 2.25. The van der Waals surface area contributed by atoms with Gasteiger partial charge in [-0.25, -0.2) is 0 Å². The summed E-state index contributed by atoms with van der Waals surface area (Å²) < 4.78 is 12.0. The molecule has 1 rings (SSSR count). The third-order valence-electron chi connectivity index (χ3n) is 6.03. The van der Waals surface area contributed by atoms with Crippen molar-refractivity contribution >= 4 is 0 Å². The van der Waals surface area contributed by atoms with E-state index in [-0.39, 0.29) is 11.5 Å². The number of ether oxygens (including phenoxy) is 2. The zero-order valence-electron chi connectivity index (χ0n) is 21.4. The Balaban J connectivity index is 3.10. The second-order valence-electron chi connectivity index (χ2n) is 9.05. The number of unbranched alkanes of at least 4 members (excludes halogenated alkanes) is 10. The molecule has 0 atom stereocenters. The third-order valence-corrected chi connectivity index (χ3v) is 6.03. The largest absolute Gasteiger partial charge is 0.504 e. The van der Waals surface area contributed by atoms with Crippen LogP contribution in [0, 0.1) is 0 Å². The molecule has 0 saturated heterocycles. The smallest absolute Gasteiger partial charge is 0.207 e. The van der Waals surface area contributed by atoms with Crippen molar-refractivity contribution in [3.05, 3.63) is 11.1 Å². The lowest BCUT2D eigenvalue weighted by atomic mass is 9.93. The number of rotatable bonds is 20. The van der Waals surface area contributed by atoms with Gasteiger partial charge in [-0.05, 0) is 38.5 Å². The van der Waals surface area contributed by atoms with Gasteiger partial charge in [0.25, 0.3) is 0 Å². The van der Waals surface area contributed by atoms with Gasteiger partial charge in [-0.2, -0.15) is 0 Å². The van der Waals surface area contributed by atoms with Crippen LogP contribution in [0.15, 0.2) is 0 Å². The van der Waals surface area contributed by atoms with E-state index in [0.717, 1.165) is 56.1 Å². The molecule has 0 aromatic heterocycles. The third kappa shape index (κ3) is 9.92. The lowest BCUT2D eigenvalue weighted by molar-refractivity contribution is 0.250. The number of phenols is 2. The number of hydrogen-bond acceptors (Lipinski definition) is 4. The topological polar surface area (TPSA) is 58.9 Å². The predicted molar refractivity (Wildman–Crippen MR) is 136 cm³/mol. The zero-order valence-corrected chi connectivity index (χ0v) is 21.4. The van der Waals surface area contributed by atoms with Crippen LogP contribution in [0.4, 0.5) is 0 Å². The van der Waals surface area contributed by atoms with Gasteiger partial charge >= 0.3 is 0 Å². The molecule has 0 heterocycles. The van der Waals surface area contributed by atoms with Crippen molar-refractivity contribution < 1.29 is 19.7 Å². The Morgan fingerprint density at radius 2 is 0.906 bits per heavy atom. The van der Waals surface area contributed by atoms with Gasteiger partial charge in [0.1, 0.15) is 0 Å². The summed E-state index contributed by atoms with van der Waals surface area (Å²) in [6.45, 7) is 9.65. The maximum Gasteiger partial charge on any atom is 0.207 e. The molecule has 0 radical (unpaired) electrons. The highest BCUT2D eigenvalue weighted by molar-refractivity contribution is 5.66. The van der Waals surface area contributed by atoms with E-state index in [4.69, 9.17) is 9.47 Å². The van der Waals surface area contributed by atoms with E-state index in [1.165, 1.54) is 57.8 Å². The fraction of sp³-hybridized carbons (Fsp3) is 0.786. The quantitative estimate of drug-likeness (QED) is 0.154. The molecule has 0 fully saturated rings. The lowest BCUT2D eigenvalue weighted by Gasteiger charge is -2.22. The Kier molecular flexibility index (Phi) is 15.9. The molecular formula is C28H50O4. The van der Waals surface area contributed by atoms with E-state index in [0.29, 0.717) is 24.7 Å². The molecule has 1 aromatic rings. The van der Waals surface area contributed by atoms with Gasteiger partial charge in [-0.15, -0.1) is 0 Å². The second-order valence-corrected chi connectivity index (χ2v) is 9.05. The minimum Gasteiger partial charge on any atom is -0.504 e. The minimum atomic E-state index is -0.155. The normalized spacial score (nSPS) is 11.1. The fourth-order valence-corrected chi connectivity index (χ4v) is 4.17. The van der Waals surface area contributed by atoms with E-state index in [1.807, 2.05) is 6.92 Å². The lowest BCUT2D eigenvalue weighted by Crippen LogP contribution is -2.08. The Bertz CT molecular complexity index is 612. The molecule has 4 heteroatoms. The van der Waals surface area contributed by atoms with Crippen molar-refractivity contribution in [2.75, 3.05) is 13.2 Å².